The lowest BCUT2D eigenvalue weighted by molar-refractivity contribution is -0.138. The summed E-state index contributed by atoms with van der Waals surface area (Å²) in [6, 6.07) is -0.694. The smallest absolute Gasteiger partial charge is 0.321 e. The summed E-state index contributed by atoms with van der Waals surface area (Å²) in [5, 5.41) is 11.4. The van der Waals surface area contributed by atoms with Gasteiger partial charge in [-0.2, -0.15) is 0 Å². The van der Waals surface area contributed by atoms with Crippen LogP contribution in [0.1, 0.15) is 12.8 Å². The van der Waals surface area contributed by atoms with E-state index in [2.05, 4.69) is 5.32 Å². The minimum absolute atomic E-state index is 0.0286. The Morgan fingerprint density at radius 2 is 2.11 bits per heavy atom. The maximum Gasteiger partial charge on any atom is 0.321 e. The van der Waals surface area contributed by atoms with Gasteiger partial charge in [0.05, 0.1) is 12.3 Å². The Balaban J connectivity index is 2.16. The van der Waals surface area contributed by atoms with E-state index in [1.54, 1.807) is 7.05 Å². The molecule has 0 aliphatic heterocycles. The number of carbonyl (C=O) groups excluding carboxylic acids is 2. The molecular weight excluding hydrogens is 270 g/mol. The molecule has 7 nitrogen and oxygen atoms in total. The lowest BCUT2D eigenvalue weighted by atomic mass is 10.4. The van der Waals surface area contributed by atoms with Crippen LogP contribution in [0.3, 0.4) is 0 Å². The van der Waals surface area contributed by atoms with Crippen LogP contribution in [-0.2, 0) is 14.4 Å². The van der Waals surface area contributed by atoms with Crippen LogP contribution in [0, 0.1) is 0 Å². The average molecular weight is 289 g/mol. The summed E-state index contributed by atoms with van der Waals surface area (Å²) >= 11 is 1.15. The number of hydrogen-bond acceptors (Lipinski definition) is 5. The molecule has 19 heavy (non-hydrogen) atoms. The monoisotopic (exact) mass is 289 g/mol. The standard InChI is InChI=1S/C11H19N3O4S/c1-14(4-9(15)13-7-2-3-7)10(16)6-19-5-8(12)11(17)18/h7-8H,2-6,12H2,1H3,(H,13,15)(H,17,18). The molecule has 0 heterocycles. The third-order valence-corrected chi connectivity index (χ3v) is 3.64. The number of nitrogens with two attached hydrogens (primary N) is 1. The van der Waals surface area contributed by atoms with E-state index in [4.69, 9.17) is 10.8 Å². The molecule has 1 atom stereocenters. The zero-order chi connectivity index (χ0) is 14.4. The van der Waals surface area contributed by atoms with Crippen molar-refractivity contribution in [3.63, 3.8) is 0 Å². The van der Waals surface area contributed by atoms with Crippen LogP contribution in [0.25, 0.3) is 0 Å². The lowest BCUT2D eigenvalue weighted by Crippen LogP contribution is -2.40. The highest BCUT2D eigenvalue weighted by atomic mass is 32.2. The maximum atomic E-state index is 11.7. The fraction of sp³-hybridized carbons (Fsp3) is 0.727. The number of likely N-dealkylation sites (N-methyl/N-ethyl adjacent to an activating group) is 1. The van der Waals surface area contributed by atoms with E-state index in [0.29, 0.717) is 0 Å². The number of rotatable bonds is 8. The van der Waals surface area contributed by atoms with Gasteiger partial charge in [0.15, 0.2) is 0 Å². The van der Waals surface area contributed by atoms with Gasteiger partial charge in [-0.05, 0) is 12.8 Å². The third kappa shape index (κ3) is 6.44. The van der Waals surface area contributed by atoms with E-state index in [1.807, 2.05) is 0 Å². The molecule has 0 bridgehead atoms. The van der Waals surface area contributed by atoms with E-state index in [1.165, 1.54) is 4.90 Å². The number of hydrogen-bond donors (Lipinski definition) is 3. The van der Waals surface area contributed by atoms with Gasteiger partial charge in [0, 0.05) is 18.8 Å². The van der Waals surface area contributed by atoms with Crippen molar-refractivity contribution in [1.29, 1.82) is 0 Å². The molecule has 0 saturated heterocycles. The molecule has 1 saturated carbocycles. The van der Waals surface area contributed by atoms with Gasteiger partial charge in [-0.3, -0.25) is 14.4 Å². The Bertz CT molecular complexity index is 360. The number of carbonyl (C=O) groups is 3. The van der Waals surface area contributed by atoms with Gasteiger partial charge in [0.2, 0.25) is 11.8 Å². The molecule has 8 heteroatoms. The Morgan fingerprint density at radius 3 is 2.63 bits per heavy atom. The highest BCUT2D eigenvalue weighted by molar-refractivity contribution is 8.00. The summed E-state index contributed by atoms with van der Waals surface area (Å²) in [5.41, 5.74) is 5.31. The van der Waals surface area contributed by atoms with Crippen molar-refractivity contribution in [3.8, 4) is 0 Å². The molecule has 1 rings (SSSR count). The highest BCUT2D eigenvalue weighted by Crippen LogP contribution is 2.18. The number of carboxylic acid groups (broad SMARTS) is 1. The molecule has 0 aromatic carbocycles. The van der Waals surface area contributed by atoms with Crippen LogP contribution < -0.4 is 11.1 Å². The van der Waals surface area contributed by atoms with E-state index in [-0.39, 0.29) is 35.9 Å². The van der Waals surface area contributed by atoms with E-state index < -0.39 is 12.0 Å². The van der Waals surface area contributed by atoms with Gasteiger partial charge < -0.3 is 21.1 Å². The molecule has 4 N–H and O–H groups in total. The number of nitrogens with one attached hydrogen (secondary N) is 1. The highest BCUT2D eigenvalue weighted by Gasteiger charge is 2.24. The Morgan fingerprint density at radius 1 is 1.47 bits per heavy atom. The minimum Gasteiger partial charge on any atom is -0.480 e. The summed E-state index contributed by atoms with van der Waals surface area (Å²) in [6.07, 6.45) is 2.01. The summed E-state index contributed by atoms with van der Waals surface area (Å²) in [7, 11) is 1.55. The van der Waals surface area contributed by atoms with Gasteiger partial charge in [-0.1, -0.05) is 0 Å². The maximum absolute atomic E-state index is 11.7. The van der Waals surface area contributed by atoms with Crippen LogP contribution in [0.5, 0.6) is 0 Å². The summed E-state index contributed by atoms with van der Waals surface area (Å²) in [5.74, 6) is -1.17. The molecular formula is C11H19N3O4S. The Hall–Kier alpha value is -1.28. The number of nitrogens with zero attached hydrogens (tertiary/aromatic N) is 1. The molecule has 1 aliphatic carbocycles. The molecule has 108 valence electrons. The van der Waals surface area contributed by atoms with Gasteiger partial charge in [-0.25, -0.2) is 0 Å². The van der Waals surface area contributed by atoms with Crippen molar-refractivity contribution in [3.05, 3.63) is 0 Å². The van der Waals surface area contributed by atoms with Crippen molar-refractivity contribution in [2.24, 2.45) is 5.73 Å². The predicted octanol–water partition coefficient (Wildman–Crippen LogP) is -1.13. The van der Waals surface area contributed by atoms with Crippen LogP contribution >= 0.6 is 11.8 Å². The molecule has 1 unspecified atom stereocenters. The van der Waals surface area contributed by atoms with Crippen molar-refractivity contribution >= 4 is 29.5 Å². The number of carboxylic acids is 1. The zero-order valence-corrected chi connectivity index (χ0v) is 11.6. The molecule has 1 fully saturated rings. The molecule has 0 radical (unpaired) electrons. The number of amides is 2. The minimum atomic E-state index is -1.09. The first kappa shape index (κ1) is 15.8. The Labute approximate surface area is 115 Å². The van der Waals surface area contributed by atoms with Crippen LogP contribution in [0.15, 0.2) is 0 Å². The van der Waals surface area contributed by atoms with Crippen LogP contribution in [-0.4, -0.2) is 65.0 Å². The number of aliphatic carboxylic acids is 1. The largest absolute Gasteiger partial charge is 0.480 e. The SMILES string of the molecule is CN(CC(=O)NC1CC1)C(=O)CSCC(N)C(=O)O. The van der Waals surface area contributed by atoms with Gasteiger partial charge >= 0.3 is 5.97 Å². The van der Waals surface area contributed by atoms with Gasteiger partial charge in [-0.15, -0.1) is 11.8 Å². The first-order chi connectivity index (χ1) is 8.90. The molecule has 2 amide bonds. The first-order valence-corrected chi connectivity index (χ1v) is 7.15. The quantitative estimate of drug-likeness (QED) is 0.521. The number of thioether (sulfide) groups is 1. The summed E-state index contributed by atoms with van der Waals surface area (Å²) < 4.78 is 0. The first-order valence-electron chi connectivity index (χ1n) is 5.99. The van der Waals surface area contributed by atoms with Crippen molar-refractivity contribution in [2.45, 2.75) is 24.9 Å². The average Bonchev–Trinajstić information content (AvgIpc) is 3.11. The van der Waals surface area contributed by atoms with E-state index >= 15 is 0 Å². The van der Waals surface area contributed by atoms with Crippen molar-refractivity contribution in [1.82, 2.24) is 10.2 Å². The predicted molar refractivity (Wildman–Crippen MR) is 71.7 cm³/mol. The summed E-state index contributed by atoms with van der Waals surface area (Å²) in [6.45, 7) is 0.0286. The fourth-order valence-electron chi connectivity index (χ4n) is 1.26. The van der Waals surface area contributed by atoms with E-state index in [0.717, 1.165) is 24.6 Å². The molecule has 0 spiro atoms. The lowest BCUT2D eigenvalue weighted by Gasteiger charge is -2.16. The third-order valence-electron chi connectivity index (χ3n) is 2.59. The zero-order valence-electron chi connectivity index (χ0n) is 10.8. The molecule has 0 aromatic rings. The molecule has 1 aliphatic rings. The second-order valence-corrected chi connectivity index (χ2v) is 5.58. The second-order valence-electron chi connectivity index (χ2n) is 4.55. The van der Waals surface area contributed by atoms with Crippen LogP contribution in [0.2, 0.25) is 0 Å². The summed E-state index contributed by atoms with van der Waals surface area (Å²) in [4.78, 5) is 34.9. The normalized spacial score (nSPS) is 15.7. The van der Waals surface area contributed by atoms with E-state index in [9.17, 15) is 14.4 Å². The van der Waals surface area contributed by atoms with Crippen molar-refractivity contribution in [2.75, 3.05) is 25.1 Å². The van der Waals surface area contributed by atoms with Gasteiger partial charge in [0.1, 0.15) is 6.04 Å². The Kier molecular flexibility index (Phi) is 6.10. The van der Waals surface area contributed by atoms with Gasteiger partial charge in [0.25, 0.3) is 0 Å². The second kappa shape index (κ2) is 7.34. The fourth-order valence-corrected chi connectivity index (χ4v) is 2.17. The molecule has 0 aromatic heterocycles. The van der Waals surface area contributed by atoms with Crippen molar-refractivity contribution < 1.29 is 19.5 Å². The topological polar surface area (TPSA) is 113 Å². The van der Waals surface area contributed by atoms with Crippen LogP contribution in [0.4, 0.5) is 0 Å².